The van der Waals surface area contributed by atoms with E-state index in [9.17, 15) is 4.79 Å². The number of hydrogen-bond acceptors (Lipinski definition) is 7. The number of nitrogens with zero attached hydrogens (tertiary/aromatic N) is 2. The fourth-order valence-electron chi connectivity index (χ4n) is 2.42. The fraction of sp³-hybridized carbons (Fsp3) is 0.250. The summed E-state index contributed by atoms with van der Waals surface area (Å²) in [4.78, 5) is 16.6. The van der Waals surface area contributed by atoms with Gasteiger partial charge in [0.2, 0.25) is 0 Å². The van der Waals surface area contributed by atoms with E-state index in [0.29, 0.717) is 11.5 Å². The zero-order chi connectivity index (χ0) is 20.8. The van der Waals surface area contributed by atoms with Crippen LogP contribution in [0.15, 0.2) is 50.3 Å². The van der Waals surface area contributed by atoms with Gasteiger partial charge in [0.25, 0.3) is 5.91 Å². The predicted molar refractivity (Wildman–Crippen MR) is 123 cm³/mol. The smallest absolute Gasteiger partial charge is 0.250 e. The van der Waals surface area contributed by atoms with Crippen LogP contribution >= 0.6 is 39.0 Å². The lowest BCUT2D eigenvalue weighted by Gasteiger charge is -2.15. The van der Waals surface area contributed by atoms with E-state index in [1.165, 1.54) is 11.8 Å². The molecule has 0 spiro atoms. The van der Waals surface area contributed by atoms with Gasteiger partial charge in [-0.05, 0) is 59.6 Å². The number of methoxy groups -OCH3 is 1. The van der Waals surface area contributed by atoms with Crippen LogP contribution in [-0.2, 0) is 4.79 Å². The largest absolute Gasteiger partial charge is 0.493 e. The molecule has 0 fully saturated rings. The Labute approximate surface area is 185 Å². The van der Waals surface area contributed by atoms with Crippen molar-refractivity contribution >= 4 is 61.4 Å². The minimum atomic E-state index is -0.198. The van der Waals surface area contributed by atoms with Crippen LogP contribution in [0.25, 0.3) is 10.2 Å². The SMILES string of the molecule is COc1cc(/C=N\NC(=O)CSc2nc3ccccc3s2)cc(Br)c1OC(C)C. The number of fused-ring (bicyclic) bond motifs is 1. The number of hydrazone groups is 1. The Kier molecular flexibility index (Phi) is 7.51. The quantitative estimate of drug-likeness (QED) is 0.268. The molecule has 0 saturated carbocycles. The van der Waals surface area contributed by atoms with E-state index in [1.807, 2.05) is 44.2 Å². The molecular formula is C20H20BrN3O3S2. The van der Waals surface area contributed by atoms with Crippen LogP contribution in [-0.4, -0.2) is 36.1 Å². The van der Waals surface area contributed by atoms with Crippen molar-refractivity contribution in [3.8, 4) is 11.5 Å². The summed E-state index contributed by atoms with van der Waals surface area (Å²) in [5.41, 5.74) is 4.25. The number of thiazole rings is 1. The maximum absolute atomic E-state index is 12.1. The van der Waals surface area contributed by atoms with Crippen molar-refractivity contribution in [2.24, 2.45) is 5.10 Å². The monoisotopic (exact) mass is 493 g/mol. The maximum Gasteiger partial charge on any atom is 0.250 e. The molecule has 3 aromatic rings. The van der Waals surface area contributed by atoms with Crippen molar-refractivity contribution in [2.45, 2.75) is 24.3 Å². The van der Waals surface area contributed by atoms with E-state index in [0.717, 1.165) is 24.6 Å². The number of para-hydroxylation sites is 1. The summed E-state index contributed by atoms with van der Waals surface area (Å²) in [6, 6.07) is 11.6. The number of halogens is 1. The first-order valence-electron chi connectivity index (χ1n) is 8.80. The van der Waals surface area contributed by atoms with Gasteiger partial charge < -0.3 is 9.47 Å². The first-order chi connectivity index (χ1) is 14.0. The molecule has 2 aromatic carbocycles. The van der Waals surface area contributed by atoms with E-state index in [4.69, 9.17) is 9.47 Å². The van der Waals surface area contributed by atoms with Gasteiger partial charge in [0.05, 0.1) is 39.9 Å². The van der Waals surface area contributed by atoms with Crippen LogP contribution in [0.1, 0.15) is 19.4 Å². The summed E-state index contributed by atoms with van der Waals surface area (Å²) in [5, 5.41) is 4.03. The topological polar surface area (TPSA) is 72.8 Å². The highest BCUT2D eigenvalue weighted by molar-refractivity contribution is 9.10. The average Bonchev–Trinajstić information content (AvgIpc) is 3.11. The first-order valence-corrected chi connectivity index (χ1v) is 11.4. The van der Waals surface area contributed by atoms with Crippen molar-refractivity contribution in [1.29, 1.82) is 0 Å². The Hall–Kier alpha value is -2.10. The van der Waals surface area contributed by atoms with Crippen LogP contribution in [0.2, 0.25) is 0 Å². The number of nitrogens with one attached hydrogen (secondary N) is 1. The van der Waals surface area contributed by atoms with Crippen LogP contribution in [0.5, 0.6) is 11.5 Å². The molecule has 6 nitrogen and oxygen atoms in total. The number of rotatable bonds is 8. The van der Waals surface area contributed by atoms with Crippen molar-refractivity contribution < 1.29 is 14.3 Å². The Bertz CT molecular complexity index is 1000. The molecule has 3 rings (SSSR count). The number of carbonyl (C=O) groups is 1. The Morgan fingerprint density at radius 3 is 2.90 bits per heavy atom. The lowest BCUT2D eigenvalue weighted by atomic mass is 10.2. The molecule has 29 heavy (non-hydrogen) atoms. The molecule has 152 valence electrons. The molecule has 0 saturated heterocycles. The summed E-state index contributed by atoms with van der Waals surface area (Å²) in [6.07, 6.45) is 1.58. The van der Waals surface area contributed by atoms with Crippen LogP contribution in [0.4, 0.5) is 0 Å². The van der Waals surface area contributed by atoms with E-state index < -0.39 is 0 Å². The fourth-order valence-corrected chi connectivity index (χ4v) is 4.83. The van der Waals surface area contributed by atoms with Gasteiger partial charge in [-0.25, -0.2) is 10.4 Å². The normalized spacial score (nSPS) is 11.3. The minimum Gasteiger partial charge on any atom is -0.493 e. The van der Waals surface area contributed by atoms with Gasteiger partial charge in [-0.1, -0.05) is 23.9 Å². The van der Waals surface area contributed by atoms with Gasteiger partial charge in [-0.15, -0.1) is 11.3 Å². The number of ether oxygens (including phenoxy) is 2. The highest BCUT2D eigenvalue weighted by atomic mass is 79.9. The van der Waals surface area contributed by atoms with Crippen molar-refractivity contribution in [3.05, 3.63) is 46.4 Å². The number of hydrogen-bond donors (Lipinski definition) is 1. The summed E-state index contributed by atoms with van der Waals surface area (Å²) >= 11 is 6.46. The van der Waals surface area contributed by atoms with Gasteiger partial charge in [0, 0.05) is 0 Å². The van der Waals surface area contributed by atoms with Crippen LogP contribution in [0.3, 0.4) is 0 Å². The molecule has 0 aliphatic heterocycles. The highest BCUT2D eigenvalue weighted by Crippen LogP contribution is 2.37. The zero-order valence-electron chi connectivity index (χ0n) is 16.1. The third kappa shape index (κ3) is 5.94. The molecule has 9 heteroatoms. The molecule has 1 amide bonds. The Morgan fingerprint density at radius 1 is 1.38 bits per heavy atom. The molecule has 0 radical (unpaired) electrons. The van der Waals surface area contributed by atoms with E-state index >= 15 is 0 Å². The van der Waals surface area contributed by atoms with Gasteiger partial charge in [-0.3, -0.25) is 4.79 Å². The van der Waals surface area contributed by atoms with Crippen molar-refractivity contribution in [2.75, 3.05) is 12.9 Å². The van der Waals surface area contributed by atoms with Crippen LogP contribution in [0, 0.1) is 0 Å². The maximum atomic E-state index is 12.1. The number of carbonyl (C=O) groups excluding carboxylic acids is 1. The second kappa shape index (κ2) is 10.1. The van der Waals surface area contributed by atoms with E-state index in [1.54, 1.807) is 30.7 Å². The Balaban J connectivity index is 1.57. The molecule has 0 unspecified atom stereocenters. The Morgan fingerprint density at radius 2 is 2.17 bits per heavy atom. The minimum absolute atomic E-state index is 0.0203. The molecule has 0 bridgehead atoms. The van der Waals surface area contributed by atoms with Gasteiger partial charge >= 0.3 is 0 Å². The molecule has 0 aliphatic rings. The van der Waals surface area contributed by atoms with E-state index in [-0.39, 0.29) is 17.8 Å². The first kappa shape index (κ1) is 21.6. The third-order valence-electron chi connectivity index (χ3n) is 3.61. The van der Waals surface area contributed by atoms with Crippen molar-refractivity contribution in [3.63, 3.8) is 0 Å². The lowest BCUT2D eigenvalue weighted by molar-refractivity contribution is -0.118. The second-order valence-corrected chi connectivity index (χ2v) is 9.34. The lowest BCUT2D eigenvalue weighted by Crippen LogP contribution is -2.19. The number of thioether (sulfide) groups is 1. The second-order valence-electron chi connectivity index (χ2n) is 6.23. The number of aromatic nitrogens is 1. The standard InChI is InChI=1S/C20H20BrN3O3S2/c1-12(2)27-19-14(21)8-13(9-16(19)26-3)10-22-24-18(25)11-28-20-23-15-6-4-5-7-17(15)29-20/h4-10,12H,11H2,1-3H3,(H,24,25)/b22-10-. The van der Waals surface area contributed by atoms with Gasteiger partial charge in [0.15, 0.2) is 15.8 Å². The molecular weight excluding hydrogens is 474 g/mol. The molecule has 0 aliphatic carbocycles. The zero-order valence-corrected chi connectivity index (χ0v) is 19.4. The molecule has 1 N–H and O–H groups in total. The summed E-state index contributed by atoms with van der Waals surface area (Å²) < 4.78 is 13.9. The van der Waals surface area contributed by atoms with Crippen LogP contribution < -0.4 is 14.9 Å². The predicted octanol–water partition coefficient (Wildman–Crippen LogP) is 5.10. The van der Waals surface area contributed by atoms with Gasteiger partial charge in [0.1, 0.15) is 0 Å². The highest BCUT2D eigenvalue weighted by Gasteiger charge is 2.13. The molecule has 1 heterocycles. The number of benzene rings is 2. The molecule has 0 atom stereocenters. The van der Waals surface area contributed by atoms with Gasteiger partial charge in [-0.2, -0.15) is 5.10 Å². The van der Waals surface area contributed by atoms with Crippen molar-refractivity contribution in [1.82, 2.24) is 10.4 Å². The van der Waals surface area contributed by atoms with E-state index in [2.05, 4.69) is 31.4 Å². The summed E-state index contributed by atoms with van der Waals surface area (Å²) in [5.74, 6) is 1.27. The summed E-state index contributed by atoms with van der Waals surface area (Å²) in [7, 11) is 1.58. The number of amides is 1. The summed E-state index contributed by atoms with van der Waals surface area (Å²) in [6.45, 7) is 3.90. The average molecular weight is 494 g/mol. The third-order valence-corrected chi connectivity index (χ3v) is 6.38. The molecule has 1 aromatic heterocycles.